The molecule has 0 aliphatic heterocycles. The van der Waals surface area contributed by atoms with Crippen molar-refractivity contribution in [1.29, 1.82) is 0 Å². The van der Waals surface area contributed by atoms with Crippen LogP contribution in [0.15, 0.2) is 30.3 Å². The Bertz CT molecular complexity index is 412. The summed E-state index contributed by atoms with van der Waals surface area (Å²) in [6.45, 7) is 2.51. The lowest BCUT2D eigenvalue weighted by atomic mass is 9.64. The summed E-state index contributed by atoms with van der Waals surface area (Å²) in [5.41, 5.74) is 0.799. The first-order valence-electron chi connectivity index (χ1n) is 7.21. The molecule has 3 nitrogen and oxygen atoms in total. The van der Waals surface area contributed by atoms with Gasteiger partial charge in [0.25, 0.3) is 0 Å². The lowest BCUT2D eigenvalue weighted by Crippen LogP contribution is -2.49. The second kappa shape index (κ2) is 6.20. The summed E-state index contributed by atoms with van der Waals surface area (Å²) in [4.78, 5) is 12.4. The van der Waals surface area contributed by atoms with Gasteiger partial charge in [-0.2, -0.15) is 0 Å². The van der Waals surface area contributed by atoms with E-state index in [0.29, 0.717) is 13.0 Å². The highest BCUT2D eigenvalue weighted by molar-refractivity contribution is 5.89. The Hall–Kier alpha value is -1.35. The van der Waals surface area contributed by atoms with Crippen molar-refractivity contribution in [3.05, 3.63) is 35.9 Å². The number of carbonyl (C=O) groups is 1. The number of amides is 1. The van der Waals surface area contributed by atoms with Gasteiger partial charge in [-0.1, -0.05) is 43.7 Å². The van der Waals surface area contributed by atoms with Gasteiger partial charge in [0.2, 0.25) is 5.91 Å². The lowest BCUT2D eigenvalue weighted by molar-refractivity contribution is -0.130. The fourth-order valence-corrected chi connectivity index (χ4v) is 2.66. The number of hydrogen-bond donors (Lipinski definition) is 2. The molecule has 3 heteroatoms. The zero-order valence-corrected chi connectivity index (χ0v) is 11.6. The van der Waals surface area contributed by atoms with Crippen LogP contribution >= 0.6 is 0 Å². The molecule has 1 aliphatic rings. The number of hydrogen-bond acceptors (Lipinski definition) is 2. The van der Waals surface area contributed by atoms with Crippen LogP contribution in [0.1, 0.15) is 44.6 Å². The second-order valence-electron chi connectivity index (χ2n) is 5.41. The number of rotatable bonds is 6. The van der Waals surface area contributed by atoms with Crippen LogP contribution in [0.4, 0.5) is 0 Å². The molecule has 1 amide bonds. The van der Waals surface area contributed by atoms with Gasteiger partial charge >= 0.3 is 0 Å². The Morgan fingerprint density at radius 2 is 2.05 bits per heavy atom. The van der Waals surface area contributed by atoms with Crippen molar-refractivity contribution >= 4 is 5.91 Å². The Labute approximate surface area is 115 Å². The third-order valence-electron chi connectivity index (χ3n) is 4.20. The molecule has 0 radical (unpaired) electrons. The standard InChI is InChI=1S/C16H23NO2/c1-2-14(18)9-12-17-15(19)16(10-6-11-16)13-7-4-3-5-8-13/h3-5,7-8,14,18H,2,6,9-12H2,1H3,(H,17,19). The Balaban J connectivity index is 1.96. The highest BCUT2D eigenvalue weighted by Gasteiger charge is 2.45. The molecular formula is C16H23NO2. The van der Waals surface area contributed by atoms with Crippen molar-refractivity contribution in [3.63, 3.8) is 0 Å². The first kappa shape index (κ1) is 14.1. The fourth-order valence-electron chi connectivity index (χ4n) is 2.66. The van der Waals surface area contributed by atoms with Gasteiger partial charge in [0.15, 0.2) is 0 Å². The second-order valence-corrected chi connectivity index (χ2v) is 5.41. The highest BCUT2D eigenvalue weighted by Crippen LogP contribution is 2.43. The fraction of sp³-hybridized carbons (Fsp3) is 0.562. The molecule has 19 heavy (non-hydrogen) atoms. The third-order valence-corrected chi connectivity index (χ3v) is 4.20. The van der Waals surface area contributed by atoms with E-state index in [4.69, 9.17) is 0 Å². The molecule has 0 bridgehead atoms. The first-order valence-corrected chi connectivity index (χ1v) is 7.21. The largest absolute Gasteiger partial charge is 0.393 e. The normalized spacial score (nSPS) is 18.4. The van der Waals surface area contributed by atoms with Crippen LogP contribution in [-0.4, -0.2) is 23.7 Å². The van der Waals surface area contributed by atoms with Crippen molar-refractivity contribution in [2.45, 2.75) is 50.5 Å². The first-order chi connectivity index (χ1) is 9.19. The zero-order chi connectivity index (χ0) is 13.7. The topological polar surface area (TPSA) is 49.3 Å². The summed E-state index contributed by atoms with van der Waals surface area (Å²) in [5, 5.41) is 12.5. The maximum atomic E-state index is 12.4. The smallest absolute Gasteiger partial charge is 0.230 e. The van der Waals surface area contributed by atoms with Crippen molar-refractivity contribution in [2.24, 2.45) is 0 Å². The van der Waals surface area contributed by atoms with E-state index in [0.717, 1.165) is 31.2 Å². The van der Waals surface area contributed by atoms with E-state index in [1.54, 1.807) is 0 Å². The molecule has 1 fully saturated rings. The van der Waals surface area contributed by atoms with Gasteiger partial charge in [0.1, 0.15) is 0 Å². The summed E-state index contributed by atoms with van der Waals surface area (Å²) in [6, 6.07) is 10.0. The monoisotopic (exact) mass is 261 g/mol. The van der Waals surface area contributed by atoms with Crippen molar-refractivity contribution in [3.8, 4) is 0 Å². The van der Waals surface area contributed by atoms with E-state index in [2.05, 4.69) is 5.32 Å². The summed E-state index contributed by atoms with van der Waals surface area (Å²) < 4.78 is 0. The Kier molecular flexibility index (Phi) is 4.59. The van der Waals surface area contributed by atoms with E-state index in [-0.39, 0.29) is 17.4 Å². The summed E-state index contributed by atoms with van der Waals surface area (Å²) in [7, 11) is 0. The molecule has 1 saturated carbocycles. The van der Waals surface area contributed by atoms with Gasteiger partial charge in [-0.15, -0.1) is 0 Å². The van der Waals surface area contributed by atoms with E-state index < -0.39 is 0 Å². The molecule has 1 aromatic rings. The minimum Gasteiger partial charge on any atom is -0.393 e. The van der Waals surface area contributed by atoms with Crippen LogP contribution in [0.2, 0.25) is 0 Å². The maximum absolute atomic E-state index is 12.4. The highest BCUT2D eigenvalue weighted by atomic mass is 16.3. The molecule has 104 valence electrons. The summed E-state index contributed by atoms with van der Waals surface area (Å²) in [5.74, 6) is 0.119. The molecule has 2 N–H and O–H groups in total. The third kappa shape index (κ3) is 2.98. The molecule has 2 rings (SSSR count). The molecule has 1 aliphatic carbocycles. The Morgan fingerprint density at radius 3 is 2.58 bits per heavy atom. The SMILES string of the molecule is CCC(O)CCNC(=O)C1(c2ccccc2)CCC1. The Morgan fingerprint density at radius 1 is 1.37 bits per heavy atom. The van der Waals surface area contributed by atoms with Gasteiger partial charge in [0, 0.05) is 6.54 Å². The molecule has 0 spiro atoms. The molecule has 1 atom stereocenters. The number of benzene rings is 1. The van der Waals surface area contributed by atoms with Gasteiger partial charge in [-0.3, -0.25) is 4.79 Å². The van der Waals surface area contributed by atoms with E-state index in [1.807, 2.05) is 37.3 Å². The summed E-state index contributed by atoms with van der Waals surface area (Å²) in [6.07, 6.45) is 4.03. The molecule has 1 unspecified atom stereocenters. The minimum atomic E-state index is -0.321. The van der Waals surface area contributed by atoms with Crippen molar-refractivity contribution in [2.75, 3.05) is 6.54 Å². The number of aliphatic hydroxyl groups excluding tert-OH is 1. The molecule has 0 aromatic heterocycles. The molecule has 0 heterocycles. The average molecular weight is 261 g/mol. The number of nitrogens with one attached hydrogen (secondary N) is 1. The van der Waals surface area contributed by atoms with Crippen LogP contribution in [-0.2, 0) is 10.2 Å². The van der Waals surface area contributed by atoms with Crippen LogP contribution in [0, 0.1) is 0 Å². The minimum absolute atomic E-state index is 0.119. The van der Waals surface area contributed by atoms with Crippen LogP contribution in [0.3, 0.4) is 0 Å². The maximum Gasteiger partial charge on any atom is 0.230 e. The van der Waals surface area contributed by atoms with Crippen LogP contribution < -0.4 is 5.32 Å². The molecule has 0 saturated heterocycles. The summed E-state index contributed by atoms with van der Waals surface area (Å²) >= 11 is 0. The zero-order valence-electron chi connectivity index (χ0n) is 11.6. The lowest BCUT2D eigenvalue weighted by Gasteiger charge is -2.40. The predicted octanol–water partition coefficient (Wildman–Crippen LogP) is 2.39. The van der Waals surface area contributed by atoms with Crippen LogP contribution in [0.25, 0.3) is 0 Å². The average Bonchev–Trinajstić information content (AvgIpc) is 2.38. The number of carbonyl (C=O) groups excluding carboxylic acids is 1. The quantitative estimate of drug-likeness (QED) is 0.826. The van der Waals surface area contributed by atoms with Gasteiger partial charge < -0.3 is 10.4 Å². The number of aliphatic hydroxyl groups is 1. The van der Waals surface area contributed by atoms with E-state index in [1.165, 1.54) is 0 Å². The predicted molar refractivity (Wildman–Crippen MR) is 75.9 cm³/mol. The molecule has 1 aromatic carbocycles. The van der Waals surface area contributed by atoms with Gasteiger partial charge in [-0.05, 0) is 31.2 Å². The van der Waals surface area contributed by atoms with Crippen LogP contribution in [0.5, 0.6) is 0 Å². The van der Waals surface area contributed by atoms with E-state index in [9.17, 15) is 9.90 Å². The van der Waals surface area contributed by atoms with E-state index >= 15 is 0 Å². The van der Waals surface area contributed by atoms with Crippen molar-refractivity contribution < 1.29 is 9.90 Å². The van der Waals surface area contributed by atoms with Crippen molar-refractivity contribution in [1.82, 2.24) is 5.32 Å². The van der Waals surface area contributed by atoms with Gasteiger partial charge in [0.05, 0.1) is 11.5 Å². The molecular weight excluding hydrogens is 238 g/mol. The van der Waals surface area contributed by atoms with Gasteiger partial charge in [-0.25, -0.2) is 0 Å².